The quantitative estimate of drug-likeness (QED) is 0.243. The zero-order chi connectivity index (χ0) is 35.4. The zero-order valence-electron chi connectivity index (χ0n) is 26.9. The number of amides is 3. The van der Waals surface area contributed by atoms with Gasteiger partial charge in [0.05, 0.1) is 5.39 Å². The maximum Gasteiger partial charge on any atom is 0.573 e. The number of fused-ring (bicyclic) bond motifs is 1. The SMILES string of the molecule is O=C(N[C@H](Cc1ccc(Cl)cc1)C(=O)N1CCN(c2ccccc2CN2CCCCC2=O)CC1)c1cc(=O)c2cc(OC(F)(F)F)ccc2o1. The van der Waals surface area contributed by atoms with Gasteiger partial charge < -0.3 is 29.2 Å². The molecule has 262 valence electrons. The average Bonchev–Trinajstić information content (AvgIpc) is 3.09. The predicted octanol–water partition coefficient (Wildman–Crippen LogP) is 5.55. The van der Waals surface area contributed by atoms with Gasteiger partial charge in [-0.2, -0.15) is 0 Å². The molecule has 0 aliphatic carbocycles. The number of carbonyl (C=O) groups excluding carboxylic acids is 3. The molecule has 0 spiro atoms. The maximum atomic E-state index is 14.0. The highest BCUT2D eigenvalue weighted by Gasteiger charge is 2.32. The van der Waals surface area contributed by atoms with Crippen molar-refractivity contribution in [2.45, 2.75) is 44.6 Å². The Bertz CT molecular complexity index is 1940. The van der Waals surface area contributed by atoms with Gasteiger partial charge in [-0.25, -0.2) is 0 Å². The van der Waals surface area contributed by atoms with Crippen LogP contribution in [0.5, 0.6) is 5.75 Å². The van der Waals surface area contributed by atoms with E-state index in [1.807, 2.05) is 29.2 Å². The maximum absolute atomic E-state index is 14.0. The number of alkyl halides is 3. The molecule has 1 N–H and O–H groups in total. The molecule has 1 atom stereocenters. The third-order valence-electron chi connectivity index (χ3n) is 8.82. The van der Waals surface area contributed by atoms with Crippen LogP contribution in [-0.4, -0.2) is 72.6 Å². The summed E-state index contributed by atoms with van der Waals surface area (Å²) in [6.07, 6.45) is -2.38. The standard InChI is InChI=1S/C36H34ClF3N4O6/c37-25-10-8-23(9-11-25)19-28(41-34(47)32-21-30(45)27-20-26(50-36(38,39)40)12-13-31(27)49-32)35(48)43-17-15-42(16-18-43)29-6-2-1-5-24(29)22-44-14-4-3-7-33(44)46/h1-2,5-6,8-13,20-21,28H,3-4,7,14-19,22H2,(H,41,47)/t28-/m1/s1. The van der Waals surface area contributed by atoms with Crippen LogP contribution >= 0.6 is 11.6 Å². The highest BCUT2D eigenvalue weighted by atomic mass is 35.5. The smallest absolute Gasteiger partial charge is 0.451 e. The van der Waals surface area contributed by atoms with Crippen molar-refractivity contribution in [3.8, 4) is 5.75 Å². The third-order valence-corrected chi connectivity index (χ3v) is 9.07. The van der Waals surface area contributed by atoms with E-state index in [4.69, 9.17) is 16.0 Å². The Morgan fingerprint density at radius 1 is 0.920 bits per heavy atom. The first-order valence-corrected chi connectivity index (χ1v) is 16.6. The molecule has 0 saturated carbocycles. The van der Waals surface area contributed by atoms with E-state index in [9.17, 15) is 32.3 Å². The van der Waals surface area contributed by atoms with E-state index < -0.39 is 35.2 Å². The van der Waals surface area contributed by atoms with Gasteiger partial charge >= 0.3 is 6.36 Å². The van der Waals surface area contributed by atoms with Gasteiger partial charge in [-0.05, 0) is 60.4 Å². The molecule has 14 heteroatoms. The highest BCUT2D eigenvalue weighted by molar-refractivity contribution is 6.30. The van der Waals surface area contributed by atoms with Gasteiger partial charge in [0.1, 0.15) is 17.4 Å². The summed E-state index contributed by atoms with van der Waals surface area (Å²) in [5.41, 5.74) is 1.89. The van der Waals surface area contributed by atoms with E-state index in [0.29, 0.717) is 44.2 Å². The van der Waals surface area contributed by atoms with Gasteiger partial charge in [0, 0.05) is 68.9 Å². The Balaban J connectivity index is 1.17. The number of rotatable bonds is 9. The number of piperazine rings is 1. The second-order valence-electron chi connectivity index (χ2n) is 12.3. The summed E-state index contributed by atoms with van der Waals surface area (Å²) < 4.78 is 47.5. The Labute approximate surface area is 290 Å². The Hall–Kier alpha value is -5.04. The number of anilines is 1. The normalized spacial score (nSPS) is 16.0. The topological polar surface area (TPSA) is 112 Å². The molecule has 4 aromatic rings. The lowest BCUT2D eigenvalue weighted by molar-refractivity contribution is -0.274. The zero-order valence-corrected chi connectivity index (χ0v) is 27.6. The summed E-state index contributed by atoms with van der Waals surface area (Å²) in [5.74, 6) is -2.04. The minimum Gasteiger partial charge on any atom is -0.451 e. The van der Waals surface area contributed by atoms with E-state index >= 15 is 0 Å². The number of piperidine rings is 1. The molecule has 6 rings (SSSR count). The minimum absolute atomic E-state index is 0.116. The molecule has 2 aliphatic heterocycles. The van der Waals surface area contributed by atoms with Crippen molar-refractivity contribution in [2.24, 2.45) is 0 Å². The fourth-order valence-corrected chi connectivity index (χ4v) is 6.43. The van der Waals surface area contributed by atoms with Gasteiger partial charge in [-0.15, -0.1) is 13.2 Å². The molecule has 2 aliphatic rings. The molecule has 2 saturated heterocycles. The lowest BCUT2D eigenvalue weighted by Gasteiger charge is -2.39. The van der Waals surface area contributed by atoms with E-state index in [2.05, 4.69) is 15.0 Å². The summed E-state index contributed by atoms with van der Waals surface area (Å²) in [7, 11) is 0. The van der Waals surface area contributed by atoms with Crippen LogP contribution in [-0.2, 0) is 22.6 Å². The van der Waals surface area contributed by atoms with Crippen molar-refractivity contribution in [2.75, 3.05) is 37.6 Å². The number of benzene rings is 3. The number of nitrogens with zero attached hydrogens (tertiary/aromatic N) is 3. The Kier molecular flexibility index (Phi) is 10.3. The Morgan fingerprint density at radius 2 is 1.66 bits per heavy atom. The monoisotopic (exact) mass is 710 g/mol. The van der Waals surface area contributed by atoms with Gasteiger partial charge in [-0.3, -0.25) is 19.2 Å². The fourth-order valence-electron chi connectivity index (χ4n) is 6.31. The van der Waals surface area contributed by atoms with Crippen LogP contribution in [0.15, 0.2) is 82.0 Å². The van der Waals surface area contributed by atoms with E-state index in [0.717, 1.165) is 60.5 Å². The molecule has 2 fully saturated rings. The highest BCUT2D eigenvalue weighted by Crippen LogP contribution is 2.27. The number of likely N-dealkylation sites (tertiary alicyclic amines) is 1. The van der Waals surface area contributed by atoms with Crippen molar-refractivity contribution in [3.05, 3.63) is 105 Å². The van der Waals surface area contributed by atoms with Crippen LogP contribution in [0.1, 0.15) is 40.9 Å². The van der Waals surface area contributed by atoms with Crippen LogP contribution < -0.4 is 20.4 Å². The molecule has 0 bridgehead atoms. The third kappa shape index (κ3) is 8.39. The van der Waals surface area contributed by atoms with Crippen molar-refractivity contribution >= 4 is 46.0 Å². The van der Waals surface area contributed by atoms with E-state index in [-0.39, 0.29) is 29.2 Å². The van der Waals surface area contributed by atoms with Gasteiger partial charge in [0.15, 0.2) is 11.2 Å². The van der Waals surface area contributed by atoms with Crippen LogP contribution in [0.3, 0.4) is 0 Å². The summed E-state index contributed by atoms with van der Waals surface area (Å²) in [4.78, 5) is 58.5. The second-order valence-corrected chi connectivity index (χ2v) is 12.7. The number of ether oxygens (including phenoxy) is 1. The number of halogens is 4. The molecule has 50 heavy (non-hydrogen) atoms. The van der Waals surface area contributed by atoms with Gasteiger partial charge in [0.2, 0.25) is 11.8 Å². The van der Waals surface area contributed by atoms with E-state index in [1.165, 1.54) is 0 Å². The fraction of sp³-hybridized carbons (Fsp3) is 0.333. The molecule has 10 nitrogen and oxygen atoms in total. The summed E-state index contributed by atoms with van der Waals surface area (Å²) in [5, 5.41) is 3.00. The average molecular weight is 711 g/mol. The van der Waals surface area contributed by atoms with Crippen molar-refractivity contribution in [1.82, 2.24) is 15.1 Å². The number of para-hydroxylation sites is 1. The first-order valence-electron chi connectivity index (χ1n) is 16.2. The molecule has 3 aromatic carbocycles. The van der Waals surface area contributed by atoms with Crippen molar-refractivity contribution in [3.63, 3.8) is 0 Å². The molecular weight excluding hydrogens is 677 g/mol. The first kappa shape index (κ1) is 34.8. The Morgan fingerprint density at radius 3 is 2.38 bits per heavy atom. The van der Waals surface area contributed by atoms with Crippen LogP contribution in [0.25, 0.3) is 11.0 Å². The molecule has 3 amide bonds. The second kappa shape index (κ2) is 14.8. The first-order chi connectivity index (χ1) is 23.9. The van der Waals surface area contributed by atoms with Crippen LogP contribution in [0, 0.1) is 0 Å². The van der Waals surface area contributed by atoms with Gasteiger partial charge in [0.25, 0.3) is 5.91 Å². The van der Waals surface area contributed by atoms with Crippen molar-refractivity contribution in [1.29, 1.82) is 0 Å². The summed E-state index contributed by atoms with van der Waals surface area (Å²) in [6, 6.07) is 17.6. The number of carbonyl (C=O) groups is 3. The molecular formula is C36H34ClF3N4O6. The van der Waals surface area contributed by atoms with Crippen LogP contribution in [0.4, 0.5) is 18.9 Å². The molecule has 1 aromatic heterocycles. The largest absolute Gasteiger partial charge is 0.573 e. The summed E-state index contributed by atoms with van der Waals surface area (Å²) >= 11 is 6.06. The summed E-state index contributed by atoms with van der Waals surface area (Å²) in [6.45, 7) is 3.05. The number of hydrogen-bond acceptors (Lipinski definition) is 7. The lowest BCUT2D eigenvalue weighted by Crippen LogP contribution is -2.55. The van der Waals surface area contributed by atoms with Crippen LogP contribution in [0.2, 0.25) is 5.02 Å². The molecule has 3 heterocycles. The molecule has 0 unspecified atom stereocenters. The van der Waals surface area contributed by atoms with E-state index in [1.54, 1.807) is 29.2 Å². The van der Waals surface area contributed by atoms with Crippen molar-refractivity contribution < 1.29 is 36.7 Å². The minimum atomic E-state index is -4.95. The number of nitrogens with one attached hydrogen (secondary N) is 1. The number of hydrogen-bond donors (Lipinski definition) is 1. The molecule has 0 radical (unpaired) electrons. The predicted molar refractivity (Wildman–Crippen MR) is 180 cm³/mol. The van der Waals surface area contributed by atoms with Gasteiger partial charge in [-0.1, -0.05) is 41.9 Å². The lowest BCUT2D eigenvalue weighted by atomic mass is 10.0.